The SMILES string of the molecule is C[C@H](O)[C@H](NS(=O)(=O)c1ccc(Cl)cc1)C(=O)OCC(=O)Nc1cccnc1Cl. The van der Waals surface area contributed by atoms with Gasteiger partial charge in [-0.2, -0.15) is 4.72 Å². The zero-order valence-corrected chi connectivity index (χ0v) is 17.3. The van der Waals surface area contributed by atoms with Crippen molar-refractivity contribution in [3.05, 3.63) is 52.8 Å². The third-order valence-corrected chi connectivity index (χ3v) is 5.53. The number of benzene rings is 1. The minimum absolute atomic E-state index is 0.0461. The lowest BCUT2D eigenvalue weighted by atomic mass is 10.2. The zero-order chi connectivity index (χ0) is 21.6. The Morgan fingerprint density at radius 1 is 1.21 bits per heavy atom. The molecule has 0 bridgehead atoms. The van der Waals surface area contributed by atoms with Crippen molar-refractivity contribution in [3.8, 4) is 0 Å². The van der Waals surface area contributed by atoms with E-state index in [1.54, 1.807) is 6.07 Å². The Balaban J connectivity index is 2.01. The highest BCUT2D eigenvalue weighted by molar-refractivity contribution is 7.89. The van der Waals surface area contributed by atoms with Gasteiger partial charge in [0.05, 0.1) is 16.7 Å². The number of aromatic nitrogens is 1. The second kappa shape index (κ2) is 9.99. The first-order valence-electron chi connectivity index (χ1n) is 8.13. The Labute approximate surface area is 177 Å². The lowest BCUT2D eigenvalue weighted by molar-refractivity contribution is -0.151. The van der Waals surface area contributed by atoms with Crippen molar-refractivity contribution in [2.75, 3.05) is 11.9 Å². The van der Waals surface area contributed by atoms with Crippen LogP contribution in [0.25, 0.3) is 0 Å². The van der Waals surface area contributed by atoms with E-state index in [-0.39, 0.29) is 15.7 Å². The number of nitrogens with zero attached hydrogens (tertiary/aromatic N) is 1. The van der Waals surface area contributed by atoms with Gasteiger partial charge >= 0.3 is 5.97 Å². The van der Waals surface area contributed by atoms with Gasteiger partial charge < -0.3 is 15.2 Å². The van der Waals surface area contributed by atoms with Crippen LogP contribution in [0.1, 0.15) is 6.92 Å². The Morgan fingerprint density at radius 3 is 2.45 bits per heavy atom. The van der Waals surface area contributed by atoms with E-state index in [4.69, 9.17) is 27.9 Å². The summed E-state index contributed by atoms with van der Waals surface area (Å²) >= 11 is 11.5. The highest BCUT2D eigenvalue weighted by Gasteiger charge is 2.31. The maximum atomic E-state index is 12.4. The summed E-state index contributed by atoms with van der Waals surface area (Å²) in [4.78, 5) is 27.8. The van der Waals surface area contributed by atoms with Crippen molar-refractivity contribution in [1.29, 1.82) is 0 Å². The molecule has 156 valence electrons. The Hall–Kier alpha value is -2.24. The number of halogens is 2. The monoisotopic (exact) mass is 461 g/mol. The van der Waals surface area contributed by atoms with Crippen molar-refractivity contribution in [3.63, 3.8) is 0 Å². The summed E-state index contributed by atoms with van der Waals surface area (Å²) in [6, 6.07) is 6.60. The molecular formula is C17H17Cl2N3O6S. The summed E-state index contributed by atoms with van der Waals surface area (Å²) in [7, 11) is -4.15. The van der Waals surface area contributed by atoms with Crippen LogP contribution in [0, 0.1) is 0 Å². The van der Waals surface area contributed by atoms with E-state index in [1.807, 2.05) is 0 Å². The largest absolute Gasteiger partial charge is 0.454 e. The normalized spacial score (nSPS) is 13.4. The number of ether oxygens (including phenoxy) is 1. The van der Waals surface area contributed by atoms with Gasteiger partial charge in [0.15, 0.2) is 11.8 Å². The summed E-state index contributed by atoms with van der Waals surface area (Å²) in [5, 5.41) is 12.6. The molecule has 2 atom stereocenters. The summed E-state index contributed by atoms with van der Waals surface area (Å²) in [5.74, 6) is -1.86. The standard InChI is InChI=1S/C17H17Cl2N3O6S/c1-10(23)15(22-29(26,27)12-6-4-11(18)5-7-12)17(25)28-9-14(24)21-13-3-2-8-20-16(13)19/h2-8,10,15,22-23H,9H2,1H3,(H,21,24)/t10-,15-/m0/s1. The number of rotatable bonds is 8. The lowest BCUT2D eigenvalue weighted by Gasteiger charge is -2.20. The second-order valence-electron chi connectivity index (χ2n) is 5.79. The van der Waals surface area contributed by atoms with Crippen LogP contribution in [-0.2, 0) is 24.3 Å². The van der Waals surface area contributed by atoms with Gasteiger partial charge in [-0.15, -0.1) is 0 Å². The van der Waals surface area contributed by atoms with Crippen molar-refractivity contribution in [1.82, 2.24) is 9.71 Å². The fraction of sp³-hybridized carbons (Fsp3) is 0.235. The molecule has 0 aliphatic heterocycles. The van der Waals surface area contributed by atoms with E-state index < -0.39 is 40.7 Å². The van der Waals surface area contributed by atoms with Crippen LogP contribution < -0.4 is 10.0 Å². The van der Waals surface area contributed by atoms with Crippen LogP contribution in [0.15, 0.2) is 47.5 Å². The summed E-state index contributed by atoms with van der Waals surface area (Å²) in [6.45, 7) is 0.474. The number of carbonyl (C=O) groups excluding carboxylic acids is 2. The van der Waals surface area contributed by atoms with Gasteiger partial charge in [-0.1, -0.05) is 23.2 Å². The number of amides is 1. The molecule has 0 saturated carbocycles. The predicted molar refractivity (Wildman–Crippen MR) is 106 cm³/mol. The third kappa shape index (κ3) is 6.65. The first kappa shape index (κ1) is 23.0. The number of anilines is 1. The molecule has 0 fully saturated rings. The molecule has 0 aliphatic rings. The molecule has 2 aromatic rings. The maximum Gasteiger partial charge on any atom is 0.327 e. The van der Waals surface area contributed by atoms with Crippen LogP contribution in [0.3, 0.4) is 0 Å². The molecule has 1 aromatic heterocycles. The smallest absolute Gasteiger partial charge is 0.327 e. The summed E-state index contributed by atoms with van der Waals surface area (Å²) < 4.78 is 31.7. The number of hydrogen-bond donors (Lipinski definition) is 3. The van der Waals surface area contributed by atoms with Crippen LogP contribution in [0.4, 0.5) is 5.69 Å². The number of sulfonamides is 1. The highest BCUT2D eigenvalue weighted by Crippen LogP contribution is 2.17. The molecule has 3 N–H and O–H groups in total. The van der Waals surface area contributed by atoms with Crippen LogP contribution in [0.2, 0.25) is 10.2 Å². The van der Waals surface area contributed by atoms with E-state index in [1.165, 1.54) is 43.5 Å². The van der Waals surface area contributed by atoms with Gasteiger partial charge in [-0.25, -0.2) is 13.4 Å². The molecule has 12 heteroatoms. The van der Waals surface area contributed by atoms with Crippen LogP contribution in [-0.4, -0.2) is 49.1 Å². The first-order chi connectivity index (χ1) is 13.6. The lowest BCUT2D eigenvalue weighted by Crippen LogP contribution is -2.48. The second-order valence-corrected chi connectivity index (χ2v) is 8.30. The molecule has 0 spiro atoms. The quantitative estimate of drug-likeness (QED) is 0.401. The molecule has 9 nitrogen and oxygen atoms in total. The van der Waals surface area contributed by atoms with Gasteiger partial charge in [-0.05, 0) is 43.3 Å². The molecule has 1 aromatic carbocycles. The molecule has 0 saturated heterocycles. The third-order valence-electron chi connectivity index (χ3n) is 3.52. The molecule has 0 radical (unpaired) electrons. The number of aliphatic hydroxyl groups is 1. The zero-order valence-electron chi connectivity index (χ0n) is 15.0. The van der Waals surface area contributed by atoms with E-state index in [9.17, 15) is 23.1 Å². The summed E-state index contributed by atoms with van der Waals surface area (Å²) in [6.07, 6.45) is -0.00157. The van der Waals surface area contributed by atoms with Gasteiger partial charge in [-0.3, -0.25) is 9.59 Å². The van der Waals surface area contributed by atoms with E-state index in [0.717, 1.165) is 0 Å². The van der Waals surface area contributed by atoms with Gasteiger partial charge in [0.25, 0.3) is 5.91 Å². The number of pyridine rings is 1. The fourth-order valence-corrected chi connectivity index (χ4v) is 3.63. The van der Waals surface area contributed by atoms with Gasteiger partial charge in [0.1, 0.15) is 6.04 Å². The Morgan fingerprint density at radius 2 is 1.86 bits per heavy atom. The topological polar surface area (TPSA) is 135 Å². The number of esters is 1. The first-order valence-corrected chi connectivity index (χ1v) is 10.4. The molecular weight excluding hydrogens is 445 g/mol. The fourth-order valence-electron chi connectivity index (χ4n) is 2.08. The minimum Gasteiger partial charge on any atom is -0.454 e. The Bertz CT molecular complexity index is 983. The molecule has 0 unspecified atom stereocenters. The maximum absolute atomic E-state index is 12.4. The number of aliphatic hydroxyl groups excluding tert-OH is 1. The predicted octanol–water partition coefficient (Wildman–Crippen LogP) is 1.60. The van der Waals surface area contributed by atoms with E-state index in [2.05, 4.69) is 15.0 Å². The number of nitrogens with one attached hydrogen (secondary N) is 2. The van der Waals surface area contributed by atoms with Crippen LogP contribution >= 0.6 is 23.2 Å². The molecule has 2 rings (SSSR count). The minimum atomic E-state index is -4.15. The van der Waals surface area contributed by atoms with Crippen molar-refractivity contribution < 1.29 is 27.9 Å². The van der Waals surface area contributed by atoms with E-state index >= 15 is 0 Å². The molecule has 1 amide bonds. The average molecular weight is 462 g/mol. The Kier molecular flexibility index (Phi) is 7.94. The van der Waals surface area contributed by atoms with Crippen LogP contribution in [0.5, 0.6) is 0 Å². The van der Waals surface area contributed by atoms with Crippen molar-refractivity contribution >= 4 is 50.8 Å². The molecule has 1 heterocycles. The highest BCUT2D eigenvalue weighted by atomic mass is 35.5. The van der Waals surface area contributed by atoms with Crippen molar-refractivity contribution in [2.24, 2.45) is 0 Å². The number of carbonyl (C=O) groups is 2. The van der Waals surface area contributed by atoms with Gasteiger partial charge in [0.2, 0.25) is 10.0 Å². The molecule has 29 heavy (non-hydrogen) atoms. The molecule has 0 aliphatic carbocycles. The number of hydrogen-bond acceptors (Lipinski definition) is 7. The van der Waals surface area contributed by atoms with Crippen molar-refractivity contribution in [2.45, 2.75) is 24.0 Å². The average Bonchev–Trinajstić information content (AvgIpc) is 2.66. The van der Waals surface area contributed by atoms with E-state index in [0.29, 0.717) is 5.02 Å². The summed E-state index contributed by atoms with van der Waals surface area (Å²) in [5.41, 5.74) is 0.214. The van der Waals surface area contributed by atoms with Gasteiger partial charge in [0, 0.05) is 11.2 Å².